The zero-order chi connectivity index (χ0) is 10.6. The van der Waals surface area contributed by atoms with Crippen LogP contribution < -0.4 is 5.32 Å². The average molecular weight is 194 g/mol. The molecule has 0 fully saturated rings. The third-order valence-corrected chi connectivity index (χ3v) is 1.69. The number of H-pyrrole nitrogens is 1. The van der Waals surface area contributed by atoms with Crippen molar-refractivity contribution in [2.75, 3.05) is 19.5 Å². The fraction of sp³-hybridized carbons (Fsp3) is 0.333. The molecule has 5 heteroatoms. The predicted molar refractivity (Wildman–Crippen MR) is 56.5 cm³/mol. The van der Waals surface area contributed by atoms with E-state index in [1.807, 2.05) is 13.0 Å². The number of aliphatic imine (C=N–C) groups is 1. The molecule has 0 aliphatic carbocycles. The molecule has 0 aliphatic rings. The number of hydrogen-bond donors (Lipinski definition) is 2. The lowest BCUT2D eigenvalue weighted by atomic mass is 10.4. The highest BCUT2D eigenvalue weighted by Gasteiger charge is 2.05. The van der Waals surface area contributed by atoms with Gasteiger partial charge in [-0.1, -0.05) is 6.58 Å². The van der Waals surface area contributed by atoms with Crippen LogP contribution in [0.3, 0.4) is 0 Å². The van der Waals surface area contributed by atoms with Gasteiger partial charge in [-0.3, -0.25) is 10.1 Å². The lowest BCUT2D eigenvalue weighted by Crippen LogP contribution is -2.15. The number of rotatable bonds is 3. The molecule has 0 atom stereocenters. The first-order chi connectivity index (χ1) is 6.67. The zero-order valence-corrected chi connectivity index (χ0v) is 8.59. The van der Waals surface area contributed by atoms with E-state index in [0.717, 1.165) is 5.69 Å². The predicted octanol–water partition coefficient (Wildman–Crippen LogP) is 1.32. The Kier molecular flexibility index (Phi) is 3.28. The molecule has 76 valence electrons. The van der Waals surface area contributed by atoms with Crippen LogP contribution in [0.5, 0.6) is 0 Å². The number of aromatic nitrogens is 2. The number of aromatic amines is 1. The van der Waals surface area contributed by atoms with Crippen LogP contribution in [0, 0.1) is 6.92 Å². The van der Waals surface area contributed by atoms with E-state index in [-0.39, 0.29) is 0 Å². The van der Waals surface area contributed by atoms with Gasteiger partial charge in [0.15, 0.2) is 17.4 Å². The second kappa shape index (κ2) is 4.45. The summed E-state index contributed by atoms with van der Waals surface area (Å²) < 4.78 is 4.96. The monoisotopic (exact) mass is 194 g/mol. The van der Waals surface area contributed by atoms with Gasteiger partial charge >= 0.3 is 0 Å². The lowest BCUT2D eigenvalue weighted by Gasteiger charge is -2.07. The number of methoxy groups -OCH3 is 1. The van der Waals surface area contributed by atoms with Crippen LogP contribution in [0.15, 0.2) is 23.4 Å². The molecule has 0 saturated carbocycles. The van der Waals surface area contributed by atoms with Crippen LogP contribution in [0.4, 0.5) is 5.82 Å². The summed E-state index contributed by atoms with van der Waals surface area (Å²) in [6.07, 6.45) is 0. The maximum absolute atomic E-state index is 4.96. The van der Waals surface area contributed by atoms with Gasteiger partial charge in [0.05, 0.1) is 7.11 Å². The first-order valence-electron chi connectivity index (χ1n) is 4.16. The second-order valence-electron chi connectivity index (χ2n) is 2.76. The Morgan fingerprint density at radius 3 is 2.86 bits per heavy atom. The maximum atomic E-state index is 4.96. The van der Waals surface area contributed by atoms with Gasteiger partial charge in [-0.05, 0) is 6.92 Å². The Morgan fingerprint density at radius 1 is 1.71 bits per heavy atom. The van der Waals surface area contributed by atoms with Crippen molar-refractivity contribution < 1.29 is 4.74 Å². The highest BCUT2D eigenvalue weighted by Crippen LogP contribution is 2.06. The quantitative estimate of drug-likeness (QED) is 0.433. The number of nitrogens with one attached hydrogen (secondary N) is 2. The summed E-state index contributed by atoms with van der Waals surface area (Å²) in [6, 6.07) is 1.87. The summed E-state index contributed by atoms with van der Waals surface area (Å²) in [5, 5.41) is 9.81. The minimum atomic E-state index is 0.480. The van der Waals surface area contributed by atoms with E-state index in [1.54, 1.807) is 14.2 Å². The number of nitrogens with zero attached hydrogens (tertiary/aromatic N) is 2. The lowest BCUT2D eigenvalue weighted by molar-refractivity contribution is 0.316. The van der Waals surface area contributed by atoms with E-state index >= 15 is 0 Å². The first kappa shape index (κ1) is 10.3. The maximum Gasteiger partial charge on any atom is 0.168 e. The van der Waals surface area contributed by atoms with E-state index < -0.39 is 0 Å². The molecule has 0 aromatic carbocycles. The molecule has 0 amide bonds. The minimum Gasteiger partial charge on any atom is -0.494 e. The fourth-order valence-electron chi connectivity index (χ4n) is 0.950. The topological polar surface area (TPSA) is 62.3 Å². The number of ether oxygens (including phenoxy) is 1. The third-order valence-electron chi connectivity index (χ3n) is 1.69. The molecule has 0 radical (unpaired) electrons. The number of amidine groups is 1. The molecule has 0 bridgehead atoms. The molecule has 0 saturated heterocycles. The van der Waals surface area contributed by atoms with Gasteiger partial charge in [0.25, 0.3) is 0 Å². The molecule has 1 rings (SSSR count). The summed E-state index contributed by atoms with van der Waals surface area (Å²) in [4.78, 5) is 3.99. The van der Waals surface area contributed by atoms with Crippen molar-refractivity contribution in [2.24, 2.45) is 4.99 Å². The van der Waals surface area contributed by atoms with Crippen LogP contribution in [0.25, 0.3) is 0 Å². The molecular weight excluding hydrogens is 180 g/mol. The Hall–Kier alpha value is -1.78. The molecular formula is C9H14N4O. The summed E-state index contributed by atoms with van der Waals surface area (Å²) in [5.74, 6) is 1.74. The van der Waals surface area contributed by atoms with Crippen molar-refractivity contribution in [3.8, 4) is 0 Å². The molecule has 5 nitrogen and oxygen atoms in total. The minimum absolute atomic E-state index is 0.480. The van der Waals surface area contributed by atoms with Gasteiger partial charge in [-0.25, -0.2) is 0 Å². The largest absolute Gasteiger partial charge is 0.494 e. The highest BCUT2D eigenvalue weighted by atomic mass is 16.5. The molecule has 1 heterocycles. The van der Waals surface area contributed by atoms with Gasteiger partial charge in [0, 0.05) is 18.8 Å². The second-order valence-corrected chi connectivity index (χ2v) is 2.76. The molecule has 2 N–H and O–H groups in total. The van der Waals surface area contributed by atoms with Crippen molar-refractivity contribution in [1.82, 2.24) is 10.2 Å². The summed E-state index contributed by atoms with van der Waals surface area (Å²) >= 11 is 0. The Labute approximate surface area is 82.9 Å². The molecule has 0 unspecified atom stereocenters. The standard InChI is InChI=1S/C9H14N4O/c1-6-5-8(13-12-6)11-9(10-3)7(2)14-4/h5H,2H2,1,3-4H3,(H2,10,11,12,13). The number of anilines is 1. The Bertz CT molecular complexity index is 353. The van der Waals surface area contributed by atoms with Crippen molar-refractivity contribution >= 4 is 11.7 Å². The third kappa shape index (κ3) is 2.35. The van der Waals surface area contributed by atoms with Crippen molar-refractivity contribution in [1.29, 1.82) is 0 Å². The van der Waals surface area contributed by atoms with Gasteiger partial charge in [0.2, 0.25) is 0 Å². The fourth-order valence-corrected chi connectivity index (χ4v) is 0.950. The van der Waals surface area contributed by atoms with Crippen LogP contribution in [-0.2, 0) is 4.74 Å². The van der Waals surface area contributed by atoms with Crippen LogP contribution in [-0.4, -0.2) is 30.2 Å². The van der Waals surface area contributed by atoms with E-state index in [4.69, 9.17) is 4.74 Å². The van der Waals surface area contributed by atoms with Gasteiger partial charge in [0.1, 0.15) is 0 Å². The number of hydrogen-bond acceptors (Lipinski definition) is 3. The summed E-state index contributed by atoms with van der Waals surface area (Å²) in [5.41, 5.74) is 0.978. The van der Waals surface area contributed by atoms with Gasteiger partial charge in [-0.2, -0.15) is 5.10 Å². The van der Waals surface area contributed by atoms with E-state index in [1.165, 1.54) is 0 Å². The van der Waals surface area contributed by atoms with Crippen LogP contribution in [0.1, 0.15) is 5.69 Å². The van der Waals surface area contributed by atoms with Gasteiger partial charge < -0.3 is 10.1 Å². The molecule has 0 spiro atoms. The van der Waals surface area contributed by atoms with Crippen molar-refractivity contribution in [2.45, 2.75) is 6.92 Å². The molecule has 0 aliphatic heterocycles. The van der Waals surface area contributed by atoms with Gasteiger partial charge in [-0.15, -0.1) is 0 Å². The smallest absolute Gasteiger partial charge is 0.168 e. The molecule has 14 heavy (non-hydrogen) atoms. The Balaban J connectivity index is 2.72. The number of aryl methyl sites for hydroxylation is 1. The SMILES string of the molecule is C=C(OC)C(=NC)Nc1cc(C)[nH]n1. The van der Waals surface area contributed by atoms with Crippen molar-refractivity contribution in [3.63, 3.8) is 0 Å². The highest BCUT2D eigenvalue weighted by molar-refractivity contribution is 6.05. The normalized spacial score (nSPS) is 11.2. The van der Waals surface area contributed by atoms with E-state index in [0.29, 0.717) is 17.4 Å². The van der Waals surface area contributed by atoms with Crippen molar-refractivity contribution in [3.05, 3.63) is 24.1 Å². The molecule has 1 aromatic rings. The average Bonchev–Trinajstić information content (AvgIpc) is 2.59. The summed E-state index contributed by atoms with van der Waals surface area (Å²) in [7, 11) is 3.21. The van der Waals surface area contributed by atoms with E-state index in [9.17, 15) is 0 Å². The molecule has 1 aromatic heterocycles. The van der Waals surface area contributed by atoms with Crippen LogP contribution in [0.2, 0.25) is 0 Å². The first-order valence-corrected chi connectivity index (χ1v) is 4.16. The Morgan fingerprint density at radius 2 is 2.43 bits per heavy atom. The van der Waals surface area contributed by atoms with E-state index in [2.05, 4.69) is 27.1 Å². The summed E-state index contributed by atoms with van der Waals surface area (Å²) in [6.45, 7) is 5.62. The zero-order valence-electron chi connectivity index (χ0n) is 8.59. The van der Waals surface area contributed by atoms with Crippen LogP contribution >= 0.6 is 0 Å².